The summed E-state index contributed by atoms with van der Waals surface area (Å²) in [6.45, 7) is 1.64. The maximum Gasteiger partial charge on any atom is 0.150 e. The standard InChI is InChI=1S/C23H23F3N2OS/c24-15-3-1-13(2-4-15)22-21(19-11-16(25)12-20(26)23(19)27-22)14-9-17(10-14)28-30-18-5-7-29-8-6-18/h1-4,11-12,14,17-18,27-28H,5-10H2. The van der Waals surface area contributed by atoms with Gasteiger partial charge in [-0.25, -0.2) is 13.2 Å². The Morgan fingerprint density at radius 2 is 1.70 bits per heavy atom. The Balaban J connectivity index is 1.40. The highest BCUT2D eigenvalue weighted by Crippen LogP contribution is 2.46. The maximum atomic E-state index is 14.5. The highest BCUT2D eigenvalue weighted by Gasteiger charge is 2.35. The van der Waals surface area contributed by atoms with Gasteiger partial charge in [0.15, 0.2) is 0 Å². The summed E-state index contributed by atoms with van der Waals surface area (Å²) in [6.07, 6.45) is 3.91. The summed E-state index contributed by atoms with van der Waals surface area (Å²) in [4.78, 5) is 3.14. The molecule has 30 heavy (non-hydrogen) atoms. The first kappa shape index (κ1) is 20.0. The molecule has 0 unspecified atom stereocenters. The van der Waals surface area contributed by atoms with E-state index < -0.39 is 11.6 Å². The van der Waals surface area contributed by atoms with Gasteiger partial charge >= 0.3 is 0 Å². The van der Waals surface area contributed by atoms with E-state index in [4.69, 9.17) is 4.74 Å². The topological polar surface area (TPSA) is 37.0 Å². The van der Waals surface area contributed by atoms with E-state index in [1.54, 1.807) is 24.1 Å². The summed E-state index contributed by atoms with van der Waals surface area (Å²) >= 11 is 1.79. The van der Waals surface area contributed by atoms with Crippen molar-refractivity contribution in [3.8, 4) is 11.3 Å². The van der Waals surface area contributed by atoms with E-state index in [1.165, 1.54) is 18.2 Å². The second-order valence-corrected chi connectivity index (χ2v) is 9.28. The van der Waals surface area contributed by atoms with Crippen LogP contribution in [0.1, 0.15) is 37.2 Å². The Morgan fingerprint density at radius 3 is 2.43 bits per heavy atom. The number of fused-ring (bicyclic) bond motifs is 1. The third kappa shape index (κ3) is 3.86. The van der Waals surface area contributed by atoms with E-state index in [1.807, 2.05) is 0 Å². The van der Waals surface area contributed by atoms with Crippen molar-refractivity contribution in [2.24, 2.45) is 0 Å². The van der Waals surface area contributed by atoms with Crippen LogP contribution in [0.5, 0.6) is 0 Å². The SMILES string of the molecule is Fc1ccc(-c2[nH]c3c(F)cc(F)cc3c2C2CC(NSC3CCOCC3)C2)cc1. The van der Waals surface area contributed by atoms with E-state index in [2.05, 4.69) is 9.71 Å². The van der Waals surface area contributed by atoms with Crippen LogP contribution in [0.2, 0.25) is 0 Å². The van der Waals surface area contributed by atoms with Crippen LogP contribution in [0.15, 0.2) is 36.4 Å². The van der Waals surface area contributed by atoms with Crippen molar-refractivity contribution < 1.29 is 17.9 Å². The number of aromatic nitrogens is 1. The van der Waals surface area contributed by atoms with Gasteiger partial charge in [-0.2, -0.15) is 0 Å². The molecule has 3 nitrogen and oxygen atoms in total. The minimum Gasteiger partial charge on any atom is -0.381 e. The lowest BCUT2D eigenvalue weighted by Gasteiger charge is -2.37. The predicted octanol–water partition coefficient (Wildman–Crippen LogP) is 5.92. The second kappa shape index (κ2) is 8.29. The fourth-order valence-electron chi connectivity index (χ4n) is 4.44. The second-order valence-electron chi connectivity index (χ2n) is 8.14. The number of benzene rings is 2. The van der Waals surface area contributed by atoms with E-state index in [-0.39, 0.29) is 11.7 Å². The zero-order chi connectivity index (χ0) is 20.7. The molecule has 158 valence electrons. The molecule has 0 amide bonds. The molecule has 2 N–H and O–H groups in total. The lowest BCUT2D eigenvalue weighted by molar-refractivity contribution is 0.0998. The Hall–Kier alpha value is -1.96. The molecule has 5 rings (SSSR count). The summed E-state index contributed by atoms with van der Waals surface area (Å²) < 4.78 is 50.8. The van der Waals surface area contributed by atoms with Gasteiger partial charge in [-0.3, -0.25) is 4.72 Å². The number of nitrogens with one attached hydrogen (secondary N) is 2. The summed E-state index contributed by atoms with van der Waals surface area (Å²) in [5.74, 6) is -1.34. The van der Waals surface area contributed by atoms with Gasteiger partial charge in [0, 0.05) is 36.0 Å². The highest BCUT2D eigenvalue weighted by molar-refractivity contribution is 7.98. The van der Waals surface area contributed by atoms with Crippen molar-refractivity contribution in [3.63, 3.8) is 0 Å². The smallest absolute Gasteiger partial charge is 0.150 e. The largest absolute Gasteiger partial charge is 0.381 e. The van der Waals surface area contributed by atoms with Crippen LogP contribution in [0.25, 0.3) is 22.2 Å². The van der Waals surface area contributed by atoms with Gasteiger partial charge in [-0.1, -0.05) is 11.9 Å². The minimum absolute atomic E-state index is 0.188. The molecular weight excluding hydrogens is 409 g/mol. The van der Waals surface area contributed by atoms with Crippen LogP contribution in [0.4, 0.5) is 13.2 Å². The maximum absolute atomic E-state index is 14.5. The van der Waals surface area contributed by atoms with Crippen LogP contribution in [-0.4, -0.2) is 29.5 Å². The Morgan fingerprint density at radius 1 is 0.967 bits per heavy atom. The third-order valence-corrected chi connectivity index (χ3v) is 7.39. The summed E-state index contributed by atoms with van der Waals surface area (Å²) in [5.41, 5.74) is 2.74. The first-order valence-corrected chi connectivity index (χ1v) is 11.2. The van der Waals surface area contributed by atoms with Gasteiger partial charge in [0.2, 0.25) is 0 Å². The molecule has 0 bridgehead atoms. The van der Waals surface area contributed by atoms with Crippen LogP contribution < -0.4 is 4.72 Å². The normalized spacial score (nSPS) is 22.4. The number of halogens is 3. The molecule has 0 radical (unpaired) electrons. The molecule has 1 aliphatic heterocycles. The number of ether oxygens (including phenoxy) is 1. The van der Waals surface area contributed by atoms with E-state index in [0.717, 1.165) is 61.8 Å². The summed E-state index contributed by atoms with van der Waals surface area (Å²) in [5, 5.41) is 1.15. The van der Waals surface area contributed by atoms with Gasteiger partial charge in [-0.15, -0.1) is 0 Å². The fourth-order valence-corrected chi connectivity index (χ4v) is 5.45. The highest BCUT2D eigenvalue weighted by atomic mass is 32.2. The van der Waals surface area contributed by atoms with Gasteiger partial charge in [0.25, 0.3) is 0 Å². The summed E-state index contributed by atoms with van der Waals surface area (Å²) in [7, 11) is 0. The van der Waals surface area contributed by atoms with E-state index in [0.29, 0.717) is 22.2 Å². The molecule has 1 saturated carbocycles. The van der Waals surface area contributed by atoms with Gasteiger partial charge in [0.1, 0.15) is 17.5 Å². The van der Waals surface area contributed by atoms with Crippen molar-refractivity contribution in [1.82, 2.24) is 9.71 Å². The lowest BCUT2D eigenvalue weighted by Crippen LogP contribution is -2.38. The van der Waals surface area contributed by atoms with Gasteiger partial charge in [0.05, 0.1) is 11.2 Å². The zero-order valence-electron chi connectivity index (χ0n) is 16.4. The van der Waals surface area contributed by atoms with E-state index in [9.17, 15) is 13.2 Å². The van der Waals surface area contributed by atoms with Crippen LogP contribution >= 0.6 is 11.9 Å². The Kier molecular flexibility index (Phi) is 5.52. The molecule has 3 aromatic rings. The van der Waals surface area contributed by atoms with Crippen molar-refractivity contribution in [2.45, 2.75) is 42.9 Å². The third-order valence-electron chi connectivity index (χ3n) is 6.11. The van der Waals surface area contributed by atoms with E-state index >= 15 is 0 Å². The predicted molar refractivity (Wildman–Crippen MR) is 114 cm³/mol. The molecule has 0 spiro atoms. The van der Waals surface area contributed by atoms with Crippen LogP contribution in [0.3, 0.4) is 0 Å². The zero-order valence-corrected chi connectivity index (χ0v) is 17.2. The van der Waals surface area contributed by atoms with Gasteiger partial charge in [-0.05, 0) is 73.1 Å². The Bertz CT molecular complexity index is 1040. The number of aromatic amines is 1. The molecule has 0 atom stereocenters. The fraction of sp³-hybridized carbons (Fsp3) is 0.391. The molecule has 2 heterocycles. The molecule has 1 aliphatic carbocycles. The summed E-state index contributed by atoms with van der Waals surface area (Å²) in [6, 6.07) is 8.78. The first-order chi connectivity index (χ1) is 14.6. The molecule has 2 fully saturated rings. The minimum atomic E-state index is -0.608. The monoisotopic (exact) mass is 432 g/mol. The number of H-pyrrole nitrogens is 1. The van der Waals surface area contributed by atoms with Crippen molar-refractivity contribution in [2.75, 3.05) is 13.2 Å². The molecule has 1 saturated heterocycles. The number of hydrogen-bond acceptors (Lipinski definition) is 3. The molecule has 2 aromatic carbocycles. The van der Waals surface area contributed by atoms with Crippen molar-refractivity contribution in [1.29, 1.82) is 0 Å². The van der Waals surface area contributed by atoms with Crippen LogP contribution in [0, 0.1) is 17.5 Å². The quantitative estimate of drug-likeness (QED) is 0.492. The van der Waals surface area contributed by atoms with Gasteiger partial charge < -0.3 is 9.72 Å². The molecular formula is C23H23F3N2OS. The molecule has 1 aromatic heterocycles. The molecule has 2 aliphatic rings. The number of rotatable bonds is 5. The Labute approximate surface area is 177 Å². The average Bonchev–Trinajstić information content (AvgIpc) is 3.08. The lowest BCUT2D eigenvalue weighted by atomic mass is 9.74. The molecule has 7 heteroatoms. The average molecular weight is 433 g/mol. The number of hydrogen-bond donors (Lipinski definition) is 2. The van der Waals surface area contributed by atoms with Crippen LogP contribution in [-0.2, 0) is 4.74 Å². The van der Waals surface area contributed by atoms with Crippen molar-refractivity contribution in [3.05, 3.63) is 59.4 Å². The first-order valence-electron chi connectivity index (χ1n) is 10.3. The van der Waals surface area contributed by atoms with Crippen molar-refractivity contribution >= 4 is 22.9 Å².